The quantitative estimate of drug-likeness (QED) is 0.437. The summed E-state index contributed by atoms with van der Waals surface area (Å²) in [5, 5.41) is 11.1. The van der Waals surface area contributed by atoms with Crippen LogP contribution in [0.5, 0.6) is 11.5 Å². The van der Waals surface area contributed by atoms with Gasteiger partial charge in [0.15, 0.2) is 0 Å². The lowest BCUT2D eigenvalue weighted by Crippen LogP contribution is -2.30. The van der Waals surface area contributed by atoms with Crippen molar-refractivity contribution < 1.29 is 24.2 Å². The molecule has 1 saturated heterocycles. The number of methoxy groups -OCH3 is 1. The first kappa shape index (κ1) is 20.5. The Kier molecular flexibility index (Phi) is 6.22. The van der Waals surface area contributed by atoms with Gasteiger partial charge in [0.1, 0.15) is 17.3 Å². The van der Waals surface area contributed by atoms with Crippen molar-refractivity contribution in [3.8, 4) is 11.5 Å². The molecule has 1 aliphatic heterocycles. The Morgan fingerprint density at radius 2 is 1.76 bits per heavy atom. The molecule has 2 aromatic rings. The summed E-state index contributed by atoms with van der Waals surface area (Å²) in [6, 6.07) is 13.4. The molecule has 2 aromatic carbocycles. The van der Waals surface area contributed by atoms with E-state index >= 15 is 0 Å². The molecule has 3 rings (SSSR count). The summed E-state index contributed by atoms with van der Waals surface area (Å²) in [5.74, 6) is -0.410. The molecule has 1 heterocycles. The molecule has 0 aliphatic carbocycles. The minimum absolute atomic E-state index is 0.0668. The molecule has 6 heteroatoms. The zero-order valence-corrected chi connectivity index (χ0v) is 16.8. The van der Waals surface area contributed by atoms with Crippen LogP contribution in [0.2, 0.25) is 0 Å². The zero-order chi connectivity index (χ0) is 21.0. The maximum absolute atomic E-state index is 12.9. The number of benzene rings is 2. The van der Waals surface area contributed by atoms with Crippen LogP contribution in [-0.2, 0) is 9.59 Å². The highest BCUT2D eigenvalue weighted by Gasteiger charge is 2.45. The topological polar surface area (TPSA) is 76.1 Å². The average Bonchev–Trinajstić information content (AvgIpc) is 2.99. The molecule has 1 fully saturated rings. The molecule has 0 aromatic heterocycles. The van der Waals surface area contributed by atoms with Crippen LogP contribution in [-0.4, -0.2) is 42.0 Å². The number of ether oxygens (including phenoxy) is 2. The van der Waals surface area contributed by atoms with Gasteiger partial charge in [-0.25, -0.2) is 0 Å². The van der Waals surface area contributed by atoms with Crippen LogP contribution >= 0.6 is 0 Å². The molecule has 0 saturated carbocycles. The van der Waals surface area contributed by atoms with E-state index in [9.17, 15) is 14.7 Å². The molecule has 1 aliphatic rings. The van der Waals surface area contributed by atoms with Crippen molar-refractivity contribution in [1.82, 2.24) is 4.90 Å². The summed E-state index contributed by atoms with van der Waals surface area (Å²) >= 11 is 0. The highest BCUT2D eigenvalue weighted by Crippen LogP contribution is 2.41. The molecular formula is C23H25NO5. The Bertz CT molecular complexity index is 933. The van der Waals surface area contributed by atoms with Crippen molar-refractivity contribution in [3.05, 3.63) is 65.2 Å². The summed E-state index contributed by atoms with van der Waals surface area (Å²) in [6.45, 7) is 4.79. The van der Waals surface area contributed by atoms with E-state index in [1.54, 1.807) is 36.4 Å². The molecule has 1 amide bonds. The number of nitrogens with zero attached hydrogens (tertiary/aromatic N) is 1. The summed E-state index contributed by atoms with van der Waals surface area (Å²) in [7, 11) is 1.49. The van der Waals surface area contributed by atoms with E-state index in [4.69, 9.17) is 9.47 Å². The number of hydrogen-bond acceptors (Lipinski definition) is 5. The molecule has 6 nitrogen and oxygen atoms in total. The fraction of sp³-hybridized carbons (Fsp3) is 0.304. The lowest BCUT2D eigenvalue weighted by Gasteiger charge is -2.25. The lowest BCUT2D eigenvalue weighted by molar-refractivity contribution is -0.139. The van der Waals surface area contributed by atoms with Gasteiger partial charge >= 0.3 is 0 Å². The first-order valence-corrected chi connectivity index (χ1v) is 9.68. The highest BCUT2D eigenvalue weighted by atomic mass is 16.5. The molecule has 1 unspecified atom stereocenters. The molecule has 1 N–H and O–H groups in total. The van der Waals surface area contributed by atoms with Gasteiger partial charge in [-0.1, -0.05) is 31.2 Å². The number of likely N-dealkylation sites (tertiary alicyclic amines) is 1. The standard InChI is InChI=1S/C23H25NO5/c1-4-14-24-20(15-10-12-16(13-11-15)29-5-2)19(22(26)23(24)27)21(25)17-8-6-7-9-18(17)28-3/h6-13,20,25H,4-5,14H2,1-3H3/b21-19-. The molecule has 0 spiro atoms. The third-order valence-corrected chi connectivity index (χ3v) is 4.87. The molecule has 0 bridgehead atoms. The number of aliphatic hydroxyl groups excluding tert-OH is 1. The Morgan fingerprint density at radius 3 is 2.38 bits per heavy atom. The number of Topliss-reactive ketones (excluding diaryl/α,β-unsaturated/α-hetero) is 1. The minimum atomic E-state index is -0.694. The third kappa shape index (κ3) is 3.83. The molecule has 1 atom stereocenters. The van der Waals surface area contributed by atoms with Gasteiger partial charge in [0.25, 0.3) is 11.7 Å². The van der Waals surface area contributed by atoms with E-state index in [0.717, 1.165) is 5.56 Å². The fourth-order valence-corrected chi connectivity index (χ4v) is 3.60. The number of hydrogen-bond donors (Lipinski definition) is 1. The van der Waals surface area contributed by atoms with Gasteiger partial charge in [0, 0.05) is 6.54 Å². The first-order chi connectivity index (χ1) is 14.0. The van der Waals surface area contributed by atoms with Crippen LogP contribution in [0.25, 0.3) is 5.76 Å². The summed E-state index contributed by atoms with van der Waals surface area (Å²) in [5.41, 5.74) is 1.18. The predicted octanol–water partition coefficient (Wildman–Crippen LogP) is 3.93. The number of aliphatic hydroxyl groups is 1. The largest absolute Gasteiger partial charge is 0.507 e. The minimum Gasteiger partial charge on any atom is -0.507 e. The second-order valence-corrected chi connectivity index (χ2v) is 6.69. The fourth-order valence-electron chi connectivity index (χ4n) is 3.60. The van der Waals surface area contributed by atoms with Crippen molar-refractivity contribution in [2.24, 2.45) is 0 Å². The predicted molar refractivity (Wildman–Crippen MR) is 110 cm³/mol. The van der Waals surface area contributed by atoms with Crippen LogP contribution < -0.4 is 9.47 Å². The zero-order valence-electron chi connectivity index (χ0n) is 16.8. The van der Waals surface area contributed by atoms with Crippen molar-refractivity contribution in [3.63, 3.8) is 0 Å². The smallest absolute Gasteiger partial charge is 0.295 e. The number of rotatable bonds is 7. The van der Waals surface area contributed by atoms with E-state index in [1.807, 2.05) is 26.0 Å². The van der Waals surface area contributed by atoms with Gasteiger partial charge < -0.3 is 19.5 Å². The first-order valence-electron chi connectivity index (χ1n) is 9.68. The van der Waals surface area contributed by atoms with Crippen LogP contribution in [0.15, 0.2) is 54.1 Å². The summed E-state index contributed by atoms with van der Waals surface area (Å²) in [4.78, 5) is 27.1. The number of amides is 1. The van der Waals surface area contributed by atoms with Crippen LogP contribution in [0.3, 0.4) is 0 Å². The van der Waals surface area contributed by atoms with Crippen LogP contribution in [0, 0.1) is 0 Å². The van der Waals surface area contributed by atoms with Gasteiger partial charge in [-0.2, -0.15) is 0 Å². The average molecular weight is 395 g/mol. The van der Waals surface area contributed by atoms with Crippen molar-refractivity contribution in [2.75, 3.05) is 20.3 Å². The van der Waals surface area contributed by atoms with Crippen molar-refractivity contribution in [2.45, 2.75) is 26.3 Å². The van der Waals surface area contributed by atoms with Crippen molar-refractivity contribution >= 4 is 17.4 Å². The van der Waals surface area contributed by atoms with Crippen LogP contribution in [0.1, 0.15) is 37.4 Å². The monoisotopic (exact) mass is 395 g/mol. The van der Waals surface area contributed by atoms with Crippen LogP contribution in [0.4, 0.5) is 0 Å². The second kappa shape index (κ2) is 8.82. The summed E-state index contributed by atoms with van der Waals surface area (Å²) in [6.07, 6.45) is 0.690. The highest BCUT2D eigenvalue weighted by molar-refractivity contribution is 6.46. The SMILES string of the molecule is CCCN1C(=O)C(=O)/C(=C(\O)c2ccccc2OC)C1c1ccc(OCC)cc1. The summed E-state index contributed by atoms with van der Waals surface area (Å²) < 4.78 is 10.8. The number of ketones is 1. The van der Waals surface area contributed by atoms with E-state index in [0.29, 0.717) is 36.6 Å². The number of carbonyl (C=O) groups is 2. The van der Waals surface area contributed by atoms with E-state index in [-0.39, 0.29) is 11.3 Å². The maximum Gasteiger partial charge on any atom is 0.295 e. The van der Waals surface area contributed by atoms with E-state index < -0.39 is 17.7 Å². The molecule has 0 radical (unpaired) electrons. The third-order valence-electron chi connectivity index (χ3n) is 4.87. The Hall–Kier alpha value is -3.28. The normalized spacial score (nSPS) is 18.2. The van der Waals surface area contributed by atoms with Gasteiger partial charge in [0.05, 0.1) is 30.9 Å². The van der Waals surface area contributed by atoms with Gasteiger partial charge in [0.2, 0.25) is 0 Å². The Balaban J connectivity index is 2.16. The van der Waals surface area contributed by atoms with Gasteiger partial charge in [-0.3, -0.25) is 9.59 Å². The lowest BCUT2D eigenvalue weighted by atomic mass is 9.95. The number of carbonyl (C=O) groups excluding carboxylic acids is 2. The van der Waals surface area contributed by atoms with Gasteiger partial charge in [-0.15, -0.1) is 0 Å². The second-order valence-electron chi connectivity index (χ2n) is 6.69. The van der Waals surface area contributed by atoms with Gasteiger partial charge in [-0.05, 0) is 43.2 Å². The molecule has 29 heavy (non-hydrogen) atoms. The van der Waals surface area contributed by atoms with E-state index in [2.05, 4.69) is 0 Å². The number of para-hydroxylation sites is 1. The van der Waals surface area contributed by atoms with E-state index in [1.165, 1.54) is 12.0 Å². The Morgan fingerprint density at radius 1 is 1.07 bits per heavy atom. The molecular weight excluding hydrogens is 370 g/mol. The molecule has 152 valence electrons. The Labute approximate surface area is 170 Å². The van der Waals surface area contributed by atoms with Crippen molar-refractivity contribution in [1.29, 1.82) is 0 Å². The maximum atomic E-state index is 12.9.